The molecule has 3 aliphatic carbocycles. The third-order valence-corrected chi connectivity index (χ3v) is 11.5. The normalized spacial score (nSPS) is 30.0. The molecule has 1 saturated heterocycles. The van der Waals surface area contributed by atoms with Crippen LogP contribution in [0.2, 0.25) is 0 Å². The number of piperidine rings is 1. The number of carbonyl (C=O) groups excluding carboxylic acids is 3. The van der Waals surface area contributed by atoms with Gasteiger partial charge in [-0.1, -0.05) is 12.6 Å². The van der Waals surface area contributed by atoms with E-state index in [0.717, 1.165) is 53.0 Å². The zero-order valence-electron chi connectivity index (χ0n) is 28.2. The first kappa shape index (κ1) is 34.0. The van der Waals surface area contributed by atoms with Gasteiger partial charge in [0, 0.05) is 44.5 Å². The number of nitrogens with zero attached hydrogens (tertiary/aromatic N) is 2. The fourth-order valence-electron chi connectivity index (χ4n) is 8.93. The van der Waals surface area contributed by atoms with Gasteiger partial charge in [0.15, 0.2) is 11.5 Å². The van der Waals surface area contributed by atoms with E-state index in [9.17, 15) is 19.5 Å². The number of hydrogen-bond acceptors (Lipinski definition) is 7. The smallest absolute Gasteiger partial charge is 0.415 e. The van der Waals surface area contributed by atoms with Gasteiger partial charge in [0.05, 0.1) is 38.6 Å². The number of quaternary nitrogens is 1. The molecule has 5 aliphatic rings. The number of amides is 3. The highest BCUT2D eigenvalue weighted by Crippen LogP contribution is 2.67. The van der Waals surface area contributed by atoms with Gasteiger partial charge in [-0.05, 0) is 55.7 Å². The largest absolute Gasteiger partial charge is 0.481 e. The molecule has 2 bridgehead atoms. The van der Waals surface area contributed by atoms with E-state index in [2.05, 4.69) is 29.3 Å². The number of carbonyl (C=O) groups is 3. The predicted octanol–water partition coefficient (Wildman–Crippen LogP) is -1.92. The van der Waals surface area contributed by atoms with E-state index >= 15 is 0 Å². The number of likely N-dealkylation sites (N-methyl/N-ethyl adjacent to an activating group) is 2. The average Bonchev–Trinajstić information content (AvgIpc) is 3.78. The molecule has 2 aliphatic heterocycles. The Morgan fingerprint density at radius 2 is 2.04 bits per heavy atom. The lowest BCUT2D eigenvalue weighted by Gasteiger charge is -2.65. The second kappa shape index (κ2) is 12.9. The molecule has 1 spiro atoms. The molecule has 3 amide bonds. The number of hydrogen-bond donors (Lipinski definition) is 7. The molecule has 48 heavy (non-hydrogen) atoms. The van der Waals surface area contributed by atoms with E-state index in [1.807, 2.05) is 6.07 Å². The summed E-state index contributed by atoms with van der Waals surface area (Å²) in [7, 11) is 3.92. The number of likely N-dealkylation sites (tertiary alicyclic amines) is 1. The number of guanidine groups is 1. The van der Waals surface area contributed by atoms with Crippen molar-refractivity contribution < 1.29 is 38.4 Å². The van der Waals surface area contributed by atoms with Crippen LogP contribution in [0, 0.1) is 5.92 Å². The van der Waals surface area contributed by atoms with Crippen LogP contribution in [0.15, 0.2) is 24.3 Å². The first-order valence-corrected chi connectivity index (χ1v) is 17.2. The van der Waals surface area contributed by atoms with Crippen molar-refractivity contribution in [3.8, 4) is 11.5 Å². The van der Waals surface area contributed by atoms with E-state index in [1.54, 1.807) is 13.1 Å². The van der Waals surface area contributed by atoms with Crippen LogP contribution in [0.4, 0.5) is 4.79 Å². The maximum atomic E-state index is 13.3. The number of nitrogens with two attached hydrogens (primary N) is 3. The Bertz CT molecular complexity index is 1510. The van der Waals surface area contributed by atoms with E-state index < -0.39 is 35.0 Å². The van der Waals surface area contributed by atoms with Gasteiger partial charge in [-0.3, -0.25) is 26.0 Å². The summed E-state index contributed by atoms with van der Waals surface area (Å²) in [4.78, 5) is 42.3. The van der Waals surface area contributed by atoms with Gasteiger partial charge in [-0.25, -0.2) is 4.79 Å². The highest BCUT2D eigenvalue weighted by atomic mass is 16.6. The van der Waals surface area contributed by atoms with Crippen molar-refractivity contribution in [2.75, 3.05) is 53.4 Å². The molecule has 0 aromatic heterocycles. The Kier molecular flexibility index (Phi) is 9.11. The van der Waals surface area contributed by atoms with E-state index in [-0.39, 0.29) is 37.7 Å². The Balaban J connectivity index is 1.13. The predicted molar refractivity (Wildman–Crippen MR) is 178 cm³/mol. The summed E-state index contributed by atoms with van der Waals surface area (Å²) in [6.07, 6.45) is 5.32. The SMILES string of the molecule is C=C1CC[C@@]2(O)[C@H]3Cc4ccc(OC(=O)N(C)CCNC(=O)[C@H](CCC[NH+]=C(N)N)NC(=O)CN)c5c4[C@@]2(CC[N+]3(C)CC2CC2)[C@H]1O5. The molecule has 1 aromatic carbocycles. The minimum Gasteiger partial charge on any atom is -0.481 e. The van der Waals surface area contributed by atoms with Crippen molar-refractivity contribution >= 4 is 23.9 Å². The third-order valence-electron chi connectivity index (χ3n) is 11.5. The molecular weight excluding hydrogens is 616 g/mol. The highest BCUT2D eigenvalue weighted by Gasteiger charge is 2.75. The van der Waals surface area contributed by atoms with Crippen molar-refractivity contribution in [3.05, 3.63) is 35.4 Å². The van der Waals surface area contributed by atoms with Crippen LogP contribution in [-0.2, 0) is 21.4 Å². The molecule has 0 radical (unpaired) electrons. The van der Waals surface area contributed by atoms with Crippen molar-refractivity contribution in [2.45, 2.75) is 80.6 Å². The van der Waals surface area contributed by atoms with E-state index in [1.165, 1.54) is 17.7 Å². The van der Waals surface area contributed by atoms with Gasteiger partial charge in [0.2, 0.25) is 11.8 Å². The summed E-state index contributed by atoms with van der Waals surface area (Å²) in [5.74, 6) is 0.824. The molecule has 3 fully saturated rings. The Morgan fingerprint density at radius 3 is 2.75 bits per heavy atom. The summed E-state index contributed by atoms with van der Waals surface area (Å²) < 4.78 is 13.5. The molecule has 6 rings (SSSR count). The molecule has 262 valence electrons. The monoisotopic (exact) mass is 668 g/mol. The van der Waals surface area contributed by atoms with Crippen LogP contribution < -0.4 is 42.3 Å². The number of ether oxygens (including phenoxy) is 2. The lowest BCUT2D eigenvalue weighted by molar-refractivity contribution is -0.950. The number of benzene rings is 1. The van der Waals surface area contributed by atoms with Crippen molar-refractivity contribution in [2.24, 2.45) is 23.1 Å². The summed E-state index contributed by atoms with van der Waals surface area (Å²) in [5.41, 5.74) is 17.8. The molecule has 2 heterocycles. The summed E-state index contributed by atoms with van der Waals surface area (Å²) >= 11 is 0. The second-order valence-electron chi connectivity index (χ2n) is 14.7. The number of nitrogens with one attached hydrogen (secondary N) is 3. The fraction of sp³-hybridized carbons (Fsp3) is 0.647. The molecule has 1 aromatic rings. The molecular formula is C34H52N8O6+2. The lowest BCUT2D eigenvalue weighted by Crippen LogP contribution is -2.80. The third kappa shape index (κ3) is 5.87. The molecule has 14 nitrogen and oxygen atoms in total. The van der Waals surface area contributed by atoms with Gasteiger partial charge in [0.1, 0.15) is 23.8 Å². The quantitative estimate of drug-likeness (QED) is 0.0410. The Hall–Kier alpha value is -3.88. The maximum Gasteiger partial charge on any atom is 0.415 e. The van der Waals surface area contributed by atoms with Gasteiger partial charge in [0.25, 0.3) is 0 Å². The zero-order valence-corrected chi connectivity index (χ0v) is 28.2. The molecule has 6 atom stereocenters. The van der Waals surface area contributed by atoms with Crippen LogP contribution in [0.1, 0.15) is 56.1 Å². The van der Waals surface area contributed by atoms with Crippen LogP contribution >= 0.6 is 0 Å². The maximum absolute atomic E-state index is 13.3. The second-order valence-corrected chi connectivity index (χ2v) is 14.7. The topological polar surface area (TPSA) is 209 Å². The van der Waals surface area contributed by atoms with Gasteiger partial charge in [-0.2, -0.15) is 0 Å². The molecule has 14 heteroatoms. The van der Waals surface area contributed by atoms with E-state index in [4.69, 9.17) is 26.7 Å². The minimum atomic E-state index is -0.940. The molecule has 1 unspecified atom stereocenters. The first-order valence-electron chi connectivity index (χ1n) is 17.2. The summed E-state index contributed by atoms with van der Waals surface area (Å²) in [6.45, 7) is 6.93. The number of aliphatic hydroxyl groups is 1. The average molecular weight is 669 g/mol. The van der Waals surface area contributed by atoms with Crippen LogP contribution in [0.25, 0.3) is 0 Å². The van der Waals surface area contributed by atoms with Gasteiger partial charge >= 0.3 is 12.1 Å². The Morgan fingerprint density at radius 1 is 1.27 bits per heavy atom. The van der Waals surface area contributed by atoms with Gasteiger partial charge in [-0.15, -0.1) is 0 Å². The lowest BCUT2D eigenvalue weighted by atomic mass is 9.48. The standard InChI is InChI=1S/C34H50N8O6/c1-20-10-11-34(46)25-17-22-8-9-24(28-27(22)33(34,29(20)48-28)12-16-42(25,3)19-21-6-7-21)47-32(45)41(2)15-14-38-30(44)23(40-26(43)18-35)5-4-13-39-31(36)37/h8-9,21,23,25,29,46H,1,4-7,10-19,35H2,2-3H3,(H5-,36,37,38,39,40,43,44)/p+2/t23-,25+,29-,33-,34+,42?/m0/s1. The molecule has 2 saturated carbocycles. The summed E-state index contributed by atoms with van der Waals surface area (Å²) in [6, 6.07) is 3.11. The van der Waals surface area contributed by atoms with Crippen LogP contribution in [0.3, 0.4) is 0 Å². The van der Waals surface area contributed by atoms with Crippen molar-refractivity contribution in [3.63, 3.8) is 0 Å². The Labute approximate surface area is 281 Å². The summed E-state index contributed by atoms with van der Waals surface area (Å²) in [5, 5.41) is 18.2. The zero-order chi connectivity index (χ0) is 34.4. The number of rotatable bonds is 13. The first-order chi connectivity index (χ1) is 22.8. The van der Waals surface area contributed by atoms with Crippen molar-refractivity contribution in [1.29, 1.82) is 0 Å². The van der Waals surface area contributed by atoms with Crippen LogP contribution in [0.5, 0.6) is 11.5 Å². The van der Waals surface area contributed by atoms with Gasteiger partial charge < -0.3 is 40.3 Å². The van der Waals surface area contributed by atoms with E-state index in [0.29, 0.717) is 43.7 Å². The van der Waals surface area contributed by atoms with Crippen LogP contribution in [-0.4, -0.2) is 116 Å². The molecule has 10 N–H and O–H groups in total. The highest BCUT2D eigenvalue weighted by molar-refractivity contribution is 5.88. The minimum absolute atomic E-state index is 0.0716. The fourth-order valence-corrected chi connectivity index (χ4v) is 8.93. The van der Waals surface area contributed by atoms with Crippen molar-refractivity contribution in [1.82, 2.24) is 15.5 Å².